The van der Waals surface area contributed by atoms with E-state index in [4.69, 9.17) is 4.74 Å². The number of hydrogen-bond acceptors (Lipinski definition) is 4. The average molecular weight is 305 g/mol. The van der Waals surface area contributed by atoms with Gasteiger partial charge in [-0.1, -0.05) is 6.07 Å². The van der Waals surface area contributed by atoms with Crippen LogP contribution in [0.5, 0.6) is 0 Å². The van der Waals surface area contributed by atoms with Gasteiger partial charge in [0.05, 0.1) is 0 Å². The van der Waals surface area contributed by atoms with E-state index in [9.17, 15) is 4.79 Å². The molecule has 0 aromatic carbocycles. The number of amides is 1. The lowest BCUT2D eigenvalue weighted by Crippen LogP contribution is -2.50. The smallest absolute Gasteiger partial charge is 0.410 e. The normalized spacial score (nSPS) is 22.5. The van der Waals surface area contributed by atoms with Crippen LogP contribution in [0.3, 0.4) is 0 Å². The molecule has 2 heterocycles. The monoisotopic (exact) mass is 305 g/mol. The maximum absolute atomic E-state index is 12.2. The topological polar surface area (TPSA) is 54.5 Å². The molecule has 2 unspecified atom stereocenters. The molecule has 122 valence electrons. The molecule has 22 heavy (non-hydrogen) atoms. The van der Waals surface area contributed by atoms with Crippen molar-refractivity contribution in [1.82, 2.24) is 15.2 Å². The van der Waals surface area contributed by atoms with Crippen LogP contribution in [0.1, 0.15) is 46.1 Å². The first-order valence-corrected chi connectivity index (χ1v) is 7.97. The fourth-order valence-corrected chi connectivity index (χ4v) is 2.71. The van der Waals surface area contributed by atoms with Gasteiger partial charge in [0.15, 0.2) is 0 Å². The van der Waals surface area contributed by atoms with Gasteiger partial charge in [0, 0.05) is 37.6 Å². The van der Waals surface area contributed by atoms with Crippen LogP contribution < -0.4 is 5.32 Å². The molecule has 1 saturated heterocycles. The van der Waals surface area contributed by atoms with E-state index in [0.717, 1.165) is 25.9 Å². The van der Waals surface area contributed by atoms with Crippen LogP contribution in [0.25, 0.3) is 0 Å². The zero-order valence-corrected chi connectivity index (χ0v) is 14.0. The largest absolute Gasteiger partial charge is 0.444 e. The SMILES string of the molecule is CC1CC(NCc2cccnc2)CCN1C(=O)OC(C)(C)C. The molecule has 1 aromatic rings. The number of carbonyl (C=O) groups is 1. The summed E-state index contributed by atoms with van der Waals surface area (Å²) in [5, 5.41) is 3.56. The number of piperidine rings is 1. The molecule has 1 amide bonds. The second-order valence-electron chi connectivity index (χ2n) is 6.99. The molecule has 2 rings (SSSR count). The lowest BCUT2D eigenvalue weighted by atomic mass is 9.98. The van der Waals surface area contributed by atoms with Gasteiger partial charge >= 0.3 is 6.09 Å². The van der Waals surface area contributed by atoms with Gasteiger partial charge in [0.2, 0.25) is 0 Å². The third kappa shape index (κ3) is 4.98. The Morgan fingerprint density at radius 3 is 2.86 bits per heavy atom. The van der Waals surface area contributed by atoms with Crippen LogP contribution in [0.2, 0.25) is 0 Å². The van der Waals surface area contributed by atoms with E-state index in [1.54, 1.807) is 6.20 Å². The predicted octanol–water partition coefficient (Wildman–Crippen LogP) is 2.96. The van der Waals surface area contributed by atoms with Gasteiger partial charge in [-0.2, -0.15) is 0 Å². The van der Waals surface area contributed by atoms with E-state index < -0.39 is 5.60 Å². The maximum Gasteiger partial charge on any atom is 0.410 e. The Labute approximate surface area is 133 Å². The number of likely N-dealkylation sites (tertiary alicyclic amines) is 1. The average Bonchev–Trinajstić information content (AvgIpc) is 2.44. The quantitative estimate of drug-likeness (QED) is 0.933. The summed E-state index contributed by atoms with van der Waals surface area (Å²) in [7, 11) is 0. The molecule has 5 heteroatoms. The third-order valence-corrected chi connectivity index (χ3v) is 3.82. The lowest BCUT2D eigenvalue weighted by Gasteiger charge is -2.38. The Hall–Kier alpha value is -1.62. The van der Waals surface area contributed by atoms with E-state index in [0.29, 0.717) is 6.04 Å². The summed E-state index contributed by atoms with van der Waals surface area (Å²) in [5.41, 5.74) is 0.747. The molecule has 0 radical (unpaired) electrons. The summed E-state index contributed by atoms with van der Waals surface area (Å²) in [6.07, 6.45) is 5.35. The zero-order chi connectivity index (χ0) is 16.2. The molecule has 1 aromatic heterocycles. The number of nitrogens with one attached hydrogen (secondary N) is 1. The second-order valence-corrected chi connectivity index (χ2v) is 6.99. The molecule has 5 nitrogen and oxygen atoms in total. The Kier molecular flexibility index (Phi) is 5.40. The predicted molar refractivity (Wildman–Crippen MR) is 86.5 cm³/mol. The van der Waals surface area contributed by atoms with Crippen molar-refractivity contribution in [1.29, 1.82) is 0 Å². The van der Waals surface area contributed by atoms with Crippen LogP contribution in [-0.2, 0) is 11.3 Å². The molecule has 0 spiro atoms. The standard InChI is InChI=1S/C17H27N3O2/c1-13-10-15(19-12-14-6-5-8-18-11-14)7-9-20(13)16(21)22-17(2,3)4/h5-6,8,11,13,15,19H,7,9-10,12H2,1-4H3. The van der Waals surface area contributed by atoms with Crippen molar-refractivity contribution in [3.63, 3.8) is 0 Å². The molecule has 0 bridgehead atoms. The highest BCUT2D eigenvalue weighted by Crippen LogP contribution is 2.20. The van der Waals surface area contributed by atoms with Crippen LogP contribution in [0.15, 0.2) is 24.5 Å². The van der Waals surface area contributed by atoms with Crippen molar-refractivity contribution in [3.05, 3.63) is 30.1 Å². The summed E-state index contributed by atoms with van der Waals surface area (Å²) >= 11 is 0. The van der Waals surface area contributed by atoms with Crippen LogP contribution in [0, 0.1) is 0 Å². The number of ether oxygens (including phenoxy) is 1. The van der Waals surface area contributed by atoms with Gasteiger partial charge in [-0.25, -0.2) is 4.79 Å². The molecule has 1 N–H and O–H groups in total. The number of nitrogens with zero attached hydrogens (tertiary/aromatic N) is 2. The number of pyridine rings is 1. The summed E-state index contributed by atoms with van der Waals surface area (Å²) in [5.74, 6) is 0. The number of carbonyl (C=O) groups excluding carboxylic acids is 1. The molecular weight excluding hydrogens is 278 g/mol. The fraction of sp³-hybridized carbons (Fsp3) is 0.647. The van der Waals surface area contributed by atoms with Crippen LogP contribution >= 0.6 is 0 Å². The molecule has 0 aliphatic carbocycles. The van der Waals surface area contributed by atoms with Crippen molar-refractivity contribution in [2.75, 3.05) is 6.54 Å². The van der Waals surface area contributed by atoms with Crippen LogP contribution in [-0.4, -0.2) is 40.2 Å². The highest BCUT2D eigenvalue weighted by Gasteiger charge is 2.31. The minimum Gasteiger partial charge on any atom is -0.444 e. The molecule has 1 fully saturated rings. The Bertz CT molecular complexity index is 484. The number of hydrogen-bond donors (Lipinski definition) is 1. The van der Waals surface area contributed by atoms with E-state index in [-0.39, 0.29) is 12.1 Å². The van der Waals surface area contributed by atoms with Crippen molar-refractivity contribution in [2.45, 2.75) is 64.8 Å². The van der Waals surface area contributed by atoms with Gasteiger partial charge in [0.25, 0.3) is 0 Å². The molecule has 1 aliphatic rings. The highest BCUT2D eigenvalue weighted by molar-refractivity contribution is 5.68. The summed E-state index contributed by atoms with van der Waals surface area (Å²) in [4.78, 5) is 18.1. The highest BCUT2D eigenvalue weighted by atomic mass is 16.6. The first kappa shape index (κ1) is 16.7. The maximum atomic E-state index is 12.2. The molecular formula is C17H27N3O2. The van der Waals surface area contributed by atoms with E-state index >= 15 is 0 Å². The zero-order valence-electron chi connectivity index (χ0n) is 14.0. The second kappa shape index (κ2) is 7.09. The van der Waals surface area contributed by atoms with Crippen molar-refractivity contribution >= 4 is 6.09 Å². The van der Waals surface area contributed by atoms with Crippen LogP contribution in [0.4, 0.5) is 4.79 Å². The van der Waals surface area contributed by atoms with E-state index in [2.05, 4.69) is 23.3 Å². The van der Waals surface area contributed by atoms with Gasteiger partial charge < -0.3 is 15.0 Å². The Morgan fingerprint density at radius 1 is 1.50 bits per heavy atom. The fourth-order valence-electron chi connectivity index (χ4n) is 2.71. The summed E-state index contributed by atoms with van der Waals surface area (Å²) < 4.78 is 5.47. The van der Waals surface area contributed by atoms with Crippen molar-refractivity contribution in [3.8, 4) is 0 Å². The first-order chi connectivity index (χ1) is 10.3. The Balaban J connectivity index is 1.81. The van der Waals surface area contributed by atoms with Gasteiger partial charge in [-0.05, 0) is 52.2 Å². The molecule has 2 atom stereocenters. The van der Waals surface area contributed by atoms with E-state index in [1.807, 2.05) is 37.9 Å². The van der Waals surface area contributed by atoms with E-state index in [1.165, 1.54) is 5.56 Å². The number of rotatable bonds is 3. The summed E-state index contributed by atoms with van der Waals surface area (Å²) in [6, 6.07) is 4.63. The van der Waals surface area contributed by atoms with Gasteiger partial charge in [-0.3, -0.25) is 4.98 Å². The first-order valence-electron chi connectivity index (χ1n) is 7.97. The van der Waals surface area contributed by atoms with Crippen molar-refractivity contribution < 1.29 is 9.53 Å². The third-order valence-electron chi connectivity index (χ3n) is 3.82. The minimum absolute atomic E-state index is 0.190. The van der Waals surface area contributed by atoms with Crippen molar-refractivity contribution in [2.24, 2.45) is 0 Å². The van der Waals surface area contributed by atoms with Gasteiger partial charge in [-0.15, -0.1) is 0 Å². The number of aromatic nitrogens is 1. The summed E-state index contributed by atoms with van der Waals surface area (Å²) in [6.45, 7) is 9.34. The Morgan fingerprint density at radius 2 is 2.27 bits per heavy atom. The molecule has 1 aliphatic heterocycles. The van der Waals surface area contributed by atoms with Gasteiger partial charge in [0.1, 0.15) is 5.60 Å². The lowest BCUT2D eigenvalue weighted by molar-refractivity contribution is 0.00932. The molecule has 0 saturated carbocycles. The minimum atomic E-state index is -0.438.